The van der Waals surface area contributed by atoms with Crippen molar-refractivity contribution in [2.75, 3.05) is 25.4 Å². The van der Waals surface area contributed by atoms with Gasteiger partial charge in [0, 0.05) is 30.2 Å². The van der Waals surface area contributed by atoms with E-state index in [-0.39, 0.29) is 18.1 Å². The second-order valence-corrected chi connectivity index (χ2v) is 7.04. The highest BCUT2D eigenvalue weighted by Crippen LogP contribution is 2.19. The smallest absolute Gasteiger partial charge is 0.210 e. The molecule has 0 bridgehead atoms. The molecule has 0 unspecified atom stereocenters. The van der Waals surface area contributed by atoms with Crippen molar-refractivity contribution in [1.29, 1.82) is 0 Å². The third kappa shape index (κ3) is 5.50. The number of benzene rings is 1. The molecule has 2 aromatic rings. The SMILES string of the molecule is CCNC(=NCCS(N)(=O)=O)NCCc1c[nH]c2cc(F)ccc12. The molecular weight excluding hydrogens is 333 g/mol. The van der Waals surface area contributed by atoms with Crippen LogP contribution < -0.4 is 15.8 Å². The zero-order valence-electron chi connectivity index (χ0n) is 13.5. The van der Waals surface area contributed by atoms with Gasteiger partial charge in [0.15, 0.2) is 5.96 Å². The number of nitrogens with one attached hydrogen (secondary N) is 3. The van der Waals surface area contributed by atoms with Gasteiger partial charge in [0.05, 0.1) is 12.3 Å². The maximum absolute atomic E-state index is 13.2. The standard InChI is InChI=1S/C15H22FN5O2S/c1-2-18-15(20-7-8-24(17,22)23)19-6-5-11-10-21-14-9-12(16)3-4-13(11)14/h3-4,9-10,21H,2,5-8H2,1H3,(H2,17,22,23)(H2,18,19,20). The molecule has 0 atom stereocenters. The van der Waals surface area contributed by atoms with E-state index in [4.69, 9.17) is 5.14 Å². The number of halogens is 1. The van der Waals surface area contributed by atoms with Crippen LogP contribution >= 0.6 is 0 Å². The van der Waals surface area contributed by atoms with E-state index in [9.17, 15) is 12.8 Å². The number of fused-ring (bicyclic) bond motifs is 1. The van der Waals surface area contributed by atoms with Crippen LogP contribution in [0.3, 0.4) is 0 Å². The zero-order valence-corrected chi connectivity index (χ0v) is 14.3. The van der Waals surface area contributed by atoms with E-state index in [0.717, 1.165) is 16.5 Å². The van der Waals surface area contributed by atoms with Crippen LogP contribution in [0.1, 0.15) is 12.5 Å². The minimum absolute atomic E-state index is 0.0977. The van der Waals surface area contributed by atoms with Crippen molar-refractivity contribution >= 4 is 26.9 Å². The summed E-state index contributed by atoms with van der Waals surface area (Å²) in [5.41, 5.74) is 1.83. The highest BCUT2D eigenvalue weighted by molar-refractivity contribution is 7.89. The number of nitrogens with two attached hydrogens (primary N) is 1. The Morgan fingerprint density at radius 3 is 2.88 bits per heavy atom. The van der Waals surface area contributed by atoms with Crippen molar-refractivity contribution in [2.45, 2.75) is 13.3 Å². The number of H-pyrrole nitrogens is 1. The fourth-order valence-electron chi connectivity index (χ4n) is 2.31. The molecule has 0 saturated heterocycles. The number of rotatable bonds is 7. The number of aromatic nitrogens is 1. The lowest BCUT2D eigenvalue weighted by Crippen LogP contribution is -2.38. The Labute approximate surface area is 140 Å². The zero-order chi connectivity index (χ0) is 17.6. The summed E-state index contributed by atoms with van der Waals surface area (Å²) in [6.07, 6.45) is 2.57. The molecule has 0 saturated carbocycles. The molecule has 2 rings (SSSR count). The molecule has 9 heteroatoms. The summed E-state index contributed by atoms with van der Waals surface area (Å²) in [5, 5.41) is 12.1. The number of primary sulfonamides is 1. The van der Waals surface area contributed by atoms with Crippen LogP contribution in [0.4, 0.5) is 4.39 Å². The number of hydrogen-bond acceptors (Lipinski definition) is 3. The summed E-state index contributed by atoms with van der Waals surface area (Å²) >= 11 is 0. The van der Waals surface area contributed by atoms with Gasteiger partial charge in [-0.2, -0.15) is 0 Å². The summed E-state index contributed by atoms with van der Waals surface area (Å²) in [5.74, 6) is 0.0647. The number of aromatic amines is 1. The van der Waals surface area contributed by atoms with Crippen molar-refractivity contribution in [3.63, 3.8) is 0 Å². The highest BCUT2D eigenvalue weighted by Gasteiger charge is 2.06. The van der Waals surface area contributed by atoms with E-state index in [2.05, 4.69) is 20.6 Å². The fraction of sp³-hybridized carbons (Fsp3) is 0.400. The Hall–Kier alpha value is -2.13. The molecule has 0 aliphatic carbocycles. The van der Waals surface area contributed by atoms with Crippen LogP contribution in [0.5, 0.6) is 0 Å². The fourth-order valence-corrected chi connectivity index (χ4v) is 2.65. The third-order valence-corrected chi connectivity index (χ3v) is 4.16. The van der Waals surface area contributed by atoms with Crippen molar-refractivity contribution in [3.05, 3.63) is 35.8 Å². The van der Waals surface area contributed by atoms with Crippen molar-refractivity contribution < 1.29 is 12.8 Å². The molecule has 5 N–H and O–H groups in total. The van der Waals surface area contributed by atoms with E-state index < -0.39 is 10.0 Å². The van der Waals surface area contributed by atoms with E-state index in [0.29, 0.717) is 25.5 Å². The molecule has 1 aromatic heterocycles. The van der Waals surface area contributed by atoms with Gasteiger partial charge in [0.2, 0.25) is 10.0 Å². The summed E-state index contributed by atoms with van der Waals surface area (Å²) in [7, 11) is -3.52. The Bertz CT molecular complexity index is 816. The molecule has 7 nitrogen and oxygen atoms in total. The molecule has 24 heavy (non-hydrogen) atoms. The molecule has 0 radical (unpaired) electrons. The average Bonchev–Trinajstić information content (AvgIpc) is 2.88. The van der Waals surface area contributed by atoms with Crippen LogP contribution in [0.25, 0.3) is 10.9 Å². The van der Waals surface area contributed by atoms with Gasteiger partial charge in [-0.1, -0.05) is 0 Å². The van der Waals surface area contributed by atoms with Gasteiger partial charge in [-0.3, -0.25) is 4.99 Å². The van der Waals surface area contributed by atoms with Crippen LogP contribution in [0.15, 0.2) is 29.4 Å². The van der Waals surface area contributed by atoms with E-state index in [1.54, 1.807) is 6.07 Å². The van der Waals surface area contributed by atoms with Crippen molar-refractivity contribution in [3.8, 4) is 0 Å². The minimum atomic E-state index is -3.52. The Morgan fingerprint density at radius 2 is 2.17 bits per heavy atom. The van der Waals surface area contributed by atoms with Gasteiger partial charge in [-0.05, 0) is 37.1 Å². The molecule has 1 heterocycles. The molecule has 132 valence electrons. The van der Waals surface area contributed by atoms with Crippen LogP contribution in [0.2, 0.25) is 0 Å². The lowest BCUT2D eigenvalue weighted by atomic mass is 10.1. The molecular formula is C15H22FN5O2S. The molecule has 0 amide bonds. The van der Waals surface area contributed by atoms with Gasteiger partial charge >= 0.3 is 0 Å². The van der Waals surface area contributed by atoms with E-state index in [1.165, 1.54) is 12.1 Å². The lowest BCUT2D eigenvalue weighted by Gasteiger charge is -2.10. The highest BCUT2D eigenvalue weighted by atomic mass is 32.2. The Kier molecular flexibility index (Phi) is 6.16. The minimum Gasteiger partial charge on any atom is -0.361 e. The van der Waals surface area contributed by atoms with E-state index in [1.807, 2.05) is 13.1 Å². The predicted molar refractivity (Wildman–Crippen MR) is 93.9 cm³/mol. The molecule has 0 aliphatic rings. The van der Waals surface area contributed by atoms with Gasteiger partial charge in [-0.25, -0.2) is 17.9 Å². The third-order valence-electron chi connectivity index (χ3n) is 3.41. The second-order valence-electron chi connectivity index (χ2n) is 5.31. The maximum Gasteiger partial charge on any atom is 0.210 e. The maximum atomic E-state index is 13.2. The summed E-state index contributed by atoms with van der Waals surface area (Å²) in [6.45, 7) is 3.28. The van der Waals surface area contributed by atoms with Gasteiger partial charge in [0.25, 0.3) is 0 Å². The average molecular weight is 355 g/mol. The topological polar surface area (TPSA) is 112 Å². The largest absolute Gasteiger partial charge is 0.361 e. The molecule has 0 fully saturated rings. The first-order chi connectivity index (χ1) is 11.4. The quantitative estimate of drug-likeness (QED) is 0.432. The van der Waals surface area contributed by atoms with Crippen LogP contribution in [0, 0.1) is 5.82 Å². The number of aliphatic imine (C=N–C) groups is 1. The van der Waals surface area contributed by atoms with Crippen LogP contribution in [-0.4, -0.2) is 44.7 Å². The number of guanidine groups is 1. The Morgan fingerprint density at radius 1 is 1.38 bits per heavy atom. The predicted octanol–water partition coefficient (Wildman–Crippen LogP) is 0.693. The summed E-state index contributed by atoms with van der Waals surface area (Å²) in [4.78, 5) is 7.22. The number of hydrogen-bond donors (Lipinski definition) is 4. The second kappa shape index (κ2) is 8.11. The first kappa shape index (κ1) is 18.2. The first-order valence-electron chi connectivity index (χ1n) is 7.67. The molecule has 1 aromatic carbocycles. The lowest BCUT2D eigenvalue weighted by molar-refractivity contribution is 0.597. The van der Waals surface area contributed by atoms with Crippen molar-refractivity contribution in [1.82, 2.24) is 15.6 Å². The number of nitrogens with zero attached hydrogens (tertiary/aromatic N) is 1. The molecule has 0 aliphatic heterocycles. The number of sulfonamides is 1. The normalized spacial score (nSPS) is 12.5. The van der Waals surface area contributed by atoms with Crippen molar-refractivity contribution in [2.24, 2.45) is 10.1 Å². The molecule has 0 spiro atoms. The van der Waals surface area contributed by atoms with Gasteiger partial charge in [0.1, 0.15) is 5.82 Å². The monoisotopic (exact) mass is 355 g/mol. The van der Waals surface area contributed by atoms with Gasteiger partial charge < -0.3 is 15.6 Å². The van der Waals surface area contributed by atoms with E-state index >= 15 is 0 Å². The summed E-state index contributed by atoms with van der Waals surface area (Å²) in [6, 6.07) is 4.65. The van der Waals surface area contributed by atoms with Crippen LogP contribution in [-0.2, 0) is 16.4 Å². The Balaban J connectivity index is 1.92. The first-order valence-corrected chi connectivity index (χ1v) is 9.39. The summed E-state index contributed by atoms with van der Waals surface area (Å²) < 4.78 is 35.0. The van der Waals surface area contributed by atoms with Gasteiger partial charge in [-0.15, -0.1) is 0 Å².